The largest absolute Gasteiger partial charge is 0.385 e. The molecule has 27 heavy (non-hydrogen) atoms. The molecule has 1 spiro atoms. The molecule has 2 fully saturated rings. The molecule has 1 atom stereocenters. The topological polar surface area (TPSA) is 49.9 Å². The van der Waals surface area contributed by atoms with Crippen LogP contribution in [0.3, 0.4) is 0 Å². The fourth-order valence-electron chi connectivity index (χ4n) is 4.63. The Kier molecular flexibility index (Phi) is 6.53. The van der Waals surface area contributed by atoms with E-state index in [1.165, 1.54) is 0 Å². The van der Waals surface area contributed by atoms with Crippen LogP contribution in [-0.4, -0.2) is 61.5 Å². The first-order valence-corrected chi connectivity index (χ1v) is 10.2. The van der Waals surface area contributed by atoms with Gasteiger partial charge >= 0.3 is 0 Å². The van der Waals surface area contributed by atoms with Gasteiger partial charge in [-0.3, -0.25) is 9.59 Å². The SMILES string of the molecule is CCc1ccccc1C(=O)N1CCC[C@]2(CCC(=O)N(CCCOC)C2)C1. The summed E-state index contributed by atoms with van der Waals surface area (Å²) < 4.78 is 5.13. The van der Waals surface area contributed by atoms with E-state index in [0.29, 0.717) is 13.0 Å². The van der Waals surface area contributed by atoms with Crippen LogP contribution < -0.4 is 0 Å². The van der Waals surface area contributed by atoms with Crippen LogP contribution >= 0.6 is 0 Å². The third kappa shape index (κ3) is 4.52. The molecule has 3 rings (SSSR count). The minimum atomic E-state index is 0.0516. The predicted octanol–water partition coefficient (Wildman–Crippen LogP) is 3.13. The number of aryl methyl sites for hydroxylation is 1. The highest BCUT2D eigenvalue weighted by Crippen LogP contribution is 2.39. The number of benzene rings is 1. The molecule has 0 saturated carbocycles. The van der Waals surface area contributed by atoms with E-state index < -0.39 is 0 Å². The van der Waals surface area contributed by atoms with Crippen LogP contribution in [0.4, 0.5) is 0 Å². The second-order valence-electron chi connectivity index (χ2n) is 8.00. The van der Waals surface area contributed by atoms with Crippen molar-refractivity contribution in [3.05, 3.63) is 35.4 Å². The maximum absolute atomic E-state index is 13.2. The van der Waals surface area contributed by atoms with Crippen molar-refractivity contribution in [1.82, 2.24) is 9.80 Å². The monoisotopic (exact) mass is 372 g/mol. The molecule has 0 aliphatic carbocycles. The Labute approximate surface area is 162 Å². The van der Waals surface area contributed by atoms with E-state index >= 15 is 0 Å². The van der Waals surface area contributed by atoms with Crippen molar-refractivity contribution in [3.8, 4) is 0 Å². The van der Waals surface area contributed by atoms with Crippen molar-refractivity contribution in [2.45, 2.75) is 45.4 Å². The number of hydrogen-bond acceptors (Lipinski definition) is 3. The second-order valence-corrected chi connectivity index (χ2v) is 8.00. The minimum absolute atomic E-state index is 0.0516. The maximum atomic E-state index is 13.2. The van der Waals surface area contributed by atoms with Crippen molar-refractivity contribution >= 4 is 11.8 Å². The number of ether oxygens (including phenoxy) is 1. The fourth-order valence-corrected chi connectivity index (χ4v) is 4.63. The zero-order valence-electron chi connectivity index (χ0n) is 16.7. The van der Waals surface area contributed by atoms with Gasteiger partial charge in [-0.1, -0.05) is 25.1 Å². The molecule has 1 aromatic rings. The lowest BCUT2D eigenvalue weighted by Gasteiger charge is -2.48. The number of methoxy groups -OCH3 is 1. The Morgan fingerprint density at radius 3 is 2.81 bits per heavy atom. The molecule has 2 aliphatic heterocycles. The third-order valence-corrected chi connectivity index (χ3v) is 6.10. The van der Waals surface area contributed by atoms with Crippen LogP contribution in [0, 0.1) is 5.41 Å². The summed E-state index contributed by atoms with van der Waals surface area (Å²) >= 11 is 0. The summed E-state index contributed by atoms with van der Waals surface area (Å²) in [6.45, 7) is 5.87. The summed E-state index contributed by atoms with van der Waals surface area (Å²) in [6.07, 6.45) is 5.33. The molecule has 0 bridgehead atoms. The molecule has 148 valence electrons. The van der Waals surface area contributed by atoms with Crippen LogP contribution in [0.2, 0.25) is 0 Å². The Morgan fingerprint density at radius 1 is 1.22 bits per heavy atom. The van der Waals surface area contributed by atoms with Gasteiger partial charge in [0.25, 0.3) is 5.91 Å². The fraction of sp³-hybridized carbons (Fsp3) is 0.636. The molecule has 0 radical (unpaired) electrons. The number of nitrogens with zero attached hydrogens (tertiary/aromatic N) is 2. The van der Waals surface area contributed by atoms with Gasteiger partial charge in [-0.15, -0.1) is 0 Å². The molecule has 0 aromatic heterocycles. The molecule has 2 aliphatic rings. The highest BCUT2D eigenvalue weighted by Gasteiger charge is 2.42. The molecule has 5 heteroatoms. The maximum Gasteiger partial charge on any atom is 0.254 e. The van der Waals surface area contributed by atoms with Crippen LogP contribution in [-0.2, 0) is 16.0 Å². The highest BCUT2D eigenvalue weighted by atomic mass is 16.5. The van der Waals surface area contributed by atoms with Gasteiger partial charge in [0.1, 0.15) is 0 Å². The first-order valence-electron chi connectivity index (χ1n) is 10.2. The minimum Gasteiger partial charge on any atom is -0.385 e. The summed E-state index contributed by atoms with van der Waals surface area (Å²) in [6, 6.07) is 7.94. The molecule has 2 amide bonds. The normalized spacial score (nSPS) is 23.1. The van der Waals surface area contributed by atoms with E-state index in [9.17, 15) is 9.59 Å². The quantitative estimate of drug-likeness (QED) is 0.721. The van der Waals surface area contributed by atoms with Gasteiger partial charge in [0, 0.05) is 57.3 Å². The Hall–Kier alpha value is -1.88. The number of likely N-dealkylation sites (tertiary alicyclic amines) is 2. The Balaban J connectivity index is 1.71. The molecular formula is C22H32N2O3. The molecular weight excluding hydrogens is 340 g/mol. The molecule has 2 saturated heterocycles. The summed E-state index contributed by atoms with van der Waals surface area (Å²) in [5.41, 5.74) is 2.00. The van der Waals surface area contributed by atoms with Gasteiger partial charge < -0.3 is 14.5 Å². The van der Waals surface area contributed by atoms with Gasteiger partial charge in [0.2, 0.25) is 5.91 Å². The predicted molar refractivity (Wildman–Crippen MR) is 106 cm³/mol. The van der Waals surface area contributed by atoms with Crippen LogP contribution in [0.15, 0.2) is 24.3 Å². The van der Waals surface area contributed by atoms with Gasteiger partial charge in [-0.2, -0.15) is 0 Å². The van der Waals surface area contributed by atoms with Crippen molar-refractivity contribution < 1.29 is 14.3 Å². The van der Waals surface area contributed by atoms with E-state index in [2.05, 4.69) is 6.92 Å². The molecule has 1 aromatic carbocycles. The lowest BCUT2D eigenvalue weighted by molar-refractivity contribution is -0.139. The van der Waals surface area contributed by atoms with E-state index in [-0.39, 0.29) is 17.2 Å². The number of rotatable bonds is 6. The van der Waals surface area contributed by atoms with E-state index in [4.69, 9.17) is 4.74 Å². The second kappa shape index (κ2) is 8.87. The van der Waals surface area contributed by atoms with Gasteiger partial charge in [-0.05, 0) is 43.7 Å². The van der Waals surface area contributed by atoms with Crippen molar-refractivity contribution in [1.29, 1.82) is 0 Å². The van der Waals surface area contributed by atoms with Crippen LogP contribution in [0.5, 0.6) is 0 Å². The number of carbonyl (C=O) groups excluding carboxylic acids is 2. The summed E-state index contributed by atoms with van der Waals surface area (Å²) in [5, 5.41) is 0. The average molecular weight is 373 g/mol. The summed E-state index contributed by atoms with van der Waals surface area (Å²) in [4.78, 5) is 29.6. The van der Waals surface area contributed by atoms with Gasteiger partial charge in [0.05, 0.1) is 0 Å². The van der Waals surface area contributed by atoms with Crippen molar-refractivity contribution in [3.63, 3.8) is 0 Å². The van der Waals surface area contributed by atoms with E-state index in [1.807, 2.05) is 34.1 Å². The molecule has 5 nitrogen and oxygen atoms in total. The number of amides is 2. The molecule has 2 heterocycles. The van der Waals surface area contributed by atoms with Crippen molar-refractivity contribution in [2.75, 3.05) is 39.9 Å². The smallest absolute Gasteiger partial charge is 0.254 e. The van der Waals surface area contributed by atoms with Gasteiger partial charge in [0.15, 0.2) is 0 Å². The summed E-state index contributed by atoms with van der Waals surface area (Å²) in [5.74, 6) is 0.394. The first kappa shape index (κ1) is 19.9. The standard InChI is InChI=1S/C22H32N2O3/c1-3-18-8-4-5-9-19(18)21(26)24-13-6-11-22(17-24)12-10-20(25)23(16-22)14-7-15-27-2/h4-5,8-9H,3,6-7,10-17H2,1-2H3/t22-/m1/s1. The summed E-state index contributed by atoms with van der Waals surface area (Å²) in [7, 11) is 1.69. The zero-order chi connectivity index (χ0) is 19.3. The van der Waals surface area contributed by atoms with Crippen LogP contribution in [0.25, 0.3) is 0 Å². The lowest BCUT2D eigenvalue weighted by atomic mass is 9.73. The van der Waals surface area contributed by atoms with E-state index in [1.54, 1.807) is 7.11 Å². The van der Waals surface area contributed by atoms with Crippen LogP contribution in [0.1, 0.15) is 54.9 Å². The average Bonchev–Trinajstić information content (AvgIpc) is 2.70. The number of carbonyl (C=O) groups is 2. The molecule has 0 unspecified atom stereocenters. The number of piperidine rings is 2. The first-order chi connectivity index (χ1) is 13.1. The number of hydrogen-bond donors (Lipinski definition) is 0. The van der Waals surface area contributed by atoms with E-state index in [0.717, 1.165) is 69.4 Å². The molecule has 0 N–H and O–H groups in total. The van der Waals surface area contributed by atoms with Crippen molar-refractivity contribution in [2.24, 2.45) is 5.41 Å². The Bertz CT molecular complexity index is 675. The highest BCUT2D eigenvalue weighted by molar-refractivity contribution is 5.95. The Morgan fingerprint density at radius 2 is 2.04 bits per heavy atom. The lowest BCUT2D eigenvalue weighted by Crippen LogP contribution is -2.55. The van der Waals surface area contributed by atoms with Gasteiger partial charge in [-0.25, -0.2) is 0 Å². The third-order valence-electron chi connectivity index (χ3n) is 6.10. The zero-order valence-corrected chi connectivity index (χ0v) is 16.7.